The Hall–Kier alpha value is -5.84. The van der Waals surface area contributed by atoms with Gasteiger partial charge in [-0.3, -0.25) is 9.59 Å². The van der Waals surface area contributed by atoms with Gasteiger partial charge in [0.15, 0.2) is 6.10 Å². The van der Waals surface area contributed by atoms with Crippen LogP contribution in [0.4, 0.5) is 9.59 Å². The van der Waals surface area contributed by atoms with Crippen LogP contribution in [0.3, 0.4) is 0 Å². The Balaban J connectivity index is 1.19. The van der Waals surface area contributed by atoms with Crippen molar-refractivity contribution in [1.29, 1.82) is 0 Å². The molecule has 5 rings (SSSR count). The van der Waals surface area contributed by atoms with Gasteiger partial charge in [-0.15, -0.1) is 0 Å². The van der Waals surface area contributed by atoms with Crippen LogP contribution in [-0.2, 0) is 28.5 Å². The molecular formula is C38H46N8O8. The molecule has 54 heavy (non-hydrogen) atoms. The standard InChI is InChI=1S/C38H46N8O8/c1-39-37(49)54-32(18-22-52-3)36(48)45-19-5-7-31(45)34-40-23-28(42-34)15-13-26-9-11-27(12-10-26)14-16-29-24-44(25-41-29)33-8-6-20-46(33)35(47)30(17-21-51-2)43-38(50)53-4/h9-12,23-25,30-33H,5-8,17-22H2,1-4H3,(H,39,49)(H,40,42)(H,43,50)/t30-,31-,32-,33-/m0/s1. The molecule has 2 aliphatic heterocycles. The van der Waals surface area contributed by atoms with Crippen molar-refractivity contribution in [3.05, 3.63) is 71.3 Å². The number of nitrogens with zero attached hydrogens (tertiary/aromatic N) is 5. The van der Waals surface area contributed by atoms with Gasteiger partial charge in [-0.25, -0.2) is 19.6 Å². The highest BCUT2D eigenvalue weighted by molar-refractivity contribution is 5.86. The number of carbonyl (C=O) groups is 4. The molecule has 0 spiro atoms. The number of carbonyl (C=O) groups excluding carboxylic acids is 4. The molecule has 3 aromatic rings. The number of ether oxygens (including phenoxy) is 4. The Kier molecular flexibility index (Phi) is 14.1. The van der Waals surface area contributed by atoms with E-state index in [1.807, 2.05) is 35.0 Å². The van der Waals surface area contributed by atoms with E-state index in [4.69, 9.17) is 18.9 Å². The molecule has 1 aromatic carbocycles. The van der Waals surface area contributed by atoms with Gasteiger partial charge in [-0.1, -0.05) is 11.8 Å². The summed E-state index contributed by atoms with van der Waals surface area (Å²) in [5.41, 5.74) is 2.72. The number of benzene rings is 1. The van der Waals surface area contributed by atoms with Crippen molar-refractivity contribution in [3.63, 3.8) is 0 Å². The number of likely N-dealkylation sites (tertiary alicyclic amines) is 2. The summed E-state index contributed by atoms with van der Waals surface area (Å²) in [7, 11) is 5.78. The zero-order chi connectivity index (χ0) is 38.5. The number of H-pyrrole nitrogens is 1. The topological polar surface area (TPSA) is 182 Å². The van der Waals surface area contributed by atoms with Crippen molar-refractivity contribution in [2.75, 3.05) is 54.7 Å². The van der Waals surface area contributed by atoms with Crippen molar-refractivity contribution in [1.82, 2.24) is 40.0 Å². The van der Waals surface area contributed by atoms with Crippen LogP contribution in [0.15, 0.2) is 43.0 Å². The molecule has 4 amide bonds. The van der Waals surface area contributed by atoms with Crippen molar-refractivity contribution in [2.45, 2.75) is 62.9 Å². The molecule has 286 valence electrons. The fourth-order valence-corrected chi connectivity index (χ4v) is 6.40. The summed E-state index contributed by atoms with van der Waals surface area (Å²) >= 11 is 0. The zero-order valence-corrected chi connectivity index (χ0v) is 30.9. The van der Waals surface area contributed by atoms with E-state index < -0.39 is 24.3 Å². The first-order valence-electron chi connectivity index (χ1n) is 17.8. The molecule has 4 atom stereocenters. The third kappa shape index (κ3) is 10.2. The molecule has 16 nitrogen and oxygen atoms in total. The first kappa shape index (κ1) is 39.4. The Bertz CT molecular complexity index is 1750. The third-order valence-corrected chi connectivity index (χ3v) is 9.16. The molecule has 4 heterocycles. The quantitative estimate of drug-likeness (QED) is 0.234. The predicted octanol–water partition coefficient (Wildman–Crippen LogP) is 2.71. The van der Waals surface area contributed by atoms with E-state index in [1.165, 1.54) is 21.3 Å². The highest BCUT2D eigenvalue weighted by Gasteiger charge is 2.37. The van der Waals surface area contributed by atoms with E-state index in [-0.39, 0.29) is 37.0 Å². The Morgan fingerprint density at radius 2 is 1.56 bits per heavy atom. The van der Waals surface area contributed by atoms with Gasteiger partial charge in [0, 0.05) is 71.1 Å². The first-order valence-corrected chi connectivity index (χ1v) is 17.8. The lowest BCUT2D eigenvalue weighted by Crippen LogP contribution is -2.49. The van der Waals surface area contributed by atoms with Gasteiger partial charge < -0.3 is 48.9 Å². The minimum atomic E-state index is -0.964. The highest BCUT2D eigenvalue weighted by Crippen LogP contribution is 2.32. The maximum absolute atomic E-state index is 13.4. The lowest BCUT2D eigenvalue weighted by molar-refractivity contribution is -0.142. The van der Waals surface area contributed by atoms with Crippen LogP contribution in [0.2, 0.25) is 0 Å². The molecule has 0 aliphatic carbocycles. The van der Waals surface area contributed by atoms with Gasteiger partial charge in [-0.2, -0.15) is 0 Å². The lowest BCUT2D eigenvalue weighted by atomic mass is 10.1. The van der Waals surface area contributed by atoms with Crippen molar-refractivity contribution >= 4 is 24.0 Å². The third-order valence-electron chi connectivity index (χ3n) is 9.16. The van der Waals surface area contributed by atoms with Crippen LogP contribution in [0.5, 0.6) is 0 Å². The van der Waals surface area contributed by atoms with E-state index in [9.17, 15) is 19.2 Å². The molecule has 0 saturated carbocycles. The number of aromatic amines is 1. The molecule has 3 N–H and O–H groups in total. The molecule has 16 heteroatoms. The Labute approximate surface area is 314 Å². The van der Waals surface area contributed by atoms with Crippen LogP contribution in [0.25, 0.3) is 0 Å². The number of hydrogen-bond acceptors (Lipinski definition) is 10. The largest absolute Gasteiger partial charge is 0.453 e. The number of alkyl carbamates (subject to hydrolysis) is 2. The van der Waals surface area contributed by atoms with Crippen molar-refractivity contribution in [2.24, 2.45) is 0 Å². The second kappa shape index (κ2) is 19.3. The summed E-state index contributed by atoms with van der Waals surface area (Å²) in [6, 6.07) is 6.45. The number of hydrogen-bond donors (Lipinski definition) is 3. The summed E-state index contributed by atoms with van der Waals surface area (Å²) < 4.78 is 22.2. The fraction of sp³-hybridized carbons (Fsp3) is 0.474. The van der Waals surface area contributed by atoms with Gasteiger partial charge >= 0.3 is 12.2 Å². The Morgan fingerprint density at radius 1 is 0.870 bits per heavy atom. The average molecular weight is 743 g/mol. The summed E-state index contributed by atoms with van der Waals surface area (Å²) in [5.74, 6) is 12.6. The Morgan fingerprint density at radius 3 is 2.26 bits per heavy atom. The molecular weight excluding hydrogens is 696 g/mol. The minimum absolute atomic E-state index is 0.206. The minimum Gasteiger partial charge on any atom is -0.453 e. The summed E-state index contributed by atoms with van der Waals surface area (Å²) in [6.45, 7) is 1.66. The summed E-state index contributed by atoms with van der Waals surface area (Å²) in [4.78, 5) is 66.2. The van der Waals surface area contributed by atoms with Gasteiger partial charge in [0.2, 0.25) is 5.91 Å². The number of imidazole rings is 2. The molecule has 2 saturated heterocycles. The van der Waals surface area contributed by atoms with Crippen LogP contribution in [0.1, 0.15) is 79.1 Å². The molecule has 0 radical (unpaired) electrons. The summed E-state index contributed by atoms with van der Waals surface area (Å²) in [6.07, 6.45) is 6.21. The molecule has 2 aliphatic rings. The number of nitrogens with one attached hydrogen (secondary N) is 3. The van der Waals surface area contributed by atoms with Gasteiger partial charge in [-0.05, 0) is 61.8 Å². The van der Waals surface area contributed by atoms with Crippen molar-refractivity contribution < 1.29 is 38.1 Å². The lowest BCUT2D eigenvalue weighted by Gasteiger charge is -2.29. The average Bonchev–Trinajstić information content (AvgIpc) is 4.03. The second-order valence-electron chi connectivity index (χ2n) is 12.7. The van der Waals surface area contributed by atoms with Gasteiger partial charge in [0.25, 0.3) is 5.91 Å². The number of rotatable bonds is 12. The fourth-order valence-electron chi connectivity index (χ4n) is 6.40. The van der Waals surface area contributed by atoms with E-state index >= 15 is 0 Å². The maximum atomic E-state index is 13.4. The smallest absolute Gasteiger partial charge is 0.407 e. The summed E-state index contributed by atoms with van der Waals surface area (Å²) in [5, 5.41) is 5.02. The van der Waals surface area contributed by atoms with E-state index in [1.54, 1.807) is 29.4 Å². The predicted molar refractivity (Wildman–Crippen MR) is 195 cm³/mol. The molecule has 2 fully saturated rings. The van der Waals surface area contributed by atoms with E-state index in [0.717, 1.165) is 36.8 Å². The number of aromatic nitrogens is 4. The highest BCUT2D eigenvalue weighted by atomic mass is 16.6. The van der Waals surface area contributed by atoms with Gasteiger partial charge in [0.1, 0.15) is 29.4 Å². The first-order chi connectivity index (χ1) is 26.2. The SMILES string of the molecule is CNC(=O)O[C@@H](CCOC)C(=O)N1CCC[C@H]1c1ncc(C#Cc2ccc(C#Cc3cn([C@@H]4CCCN4C(=O)[C@H](CCOC)NC(=O)OC)cn3)cc2)[nH]1. The van der Waals surface area contributed by atoms with Crippen LogP contribution in [0, 0.1) is 23.7 Å². The normalized spacial score (nSPS) is 17.4. The maximum Gasteiger partial charge on any atom is 0.407 e. The van der Waals surface area contributed by atoms with Crippen LogP contribution < -0.4 is 10.6 Å². The number of amides is 4. The van der Waals surface area contributed by atoms with E-state index in [0.29, 0.717) is 43.3 Å². The van der Waals surface area contributed by atoms with Gasteiger partial charge in [0.05, 0.1) is 32.3 Å². The van der Waals surface area contributed by atoms with Crippen LogP contribution in [-0.4, -0.2) is 120 Å². The monoisotopic (exact) mass is 742 g/mol. The zero-order valence-electron chi connectivity index (χ0n) is 30.9. The van der Waals surface area contributed by atoms with E-state index in [2.05, 4.69) is 49.3 Å². The van der Waals surface area contributed by atoms with Crippen molar-refractivity contribution in [3.8, 4) is 23.7 Å². The number of methoxy groups -OCH3 is 3. The van der Waals surface area contributed by atoms with Crippen LogP contribution >= 0.6 is 0 Å². The second-order valence-corrected chi connectivity index (χ2v) is 12.7. The molecule has 2 aromatic heterocycles. The molecule has 0 unspecified atom stereocenters. The molecule has 0 bridgehead atoms.